The summed E-state index contributed by atoms with van der Waals surface area (Å²) in [5, 5.41) is 7.93. The molecule has 0 saturated carbocycles. The van der Waals surface area contributed by atoms with Gasteiger partial charge in [-0.3, -0.25) is 4.79 Å². The van der Waals surface area contributed by atoms with Gasteiger partial charge >= 0.3 is 0 Å². The lowest BCUT2D eigenvalue weighted by Crippen LogP contribution is -2.25. The van der Waals surface area contributed by atoms with Gasteiger partial charge in [-0.25, -0.2) is 4.68 Å². The fourth-order valence-electron chi connectivity index (χ4n) is 2.70. The van der Waals surface area contributed by atoms with Crippen molar-refractivity contribution in [3.63, 3.8) is 0 Å². The SMILES string of the molecule is CCC1OCCC1C(=O)c1cnnn1-c1ccccc1. The summed E-state index contributed by atoms with van der Waals surface area (Å²) in [6.45, 7) is 2.70. The maximum Gasteiger partial charge on any atom is 0.188 e. The number of benzene rings is 1. The summed E-state index contributed by atoms with van der Waals surface area (Å²) < 4.78 is 7.21. The average Bonchev–Trinajstić information content (AvgIpc) is 3.16. The molecule has 0 radical (unpaired) electrons. The lowest BCUT2D eigenvalue weighted by atomic mass is 9.93. The summed E-state index contributed by atoms with van der Waals surface area (Å²) in [5.74, 6) is -0.0100. The van der Waals surface area contributed by atoms with Crippen LogP contribution in [-0.4, -0.2) is 33.5 Å². The van der Waals surface area contributed by atoms with E-state index in [0.717, 1.165) is 18.5 Å². The van der Waals surface area contributed by atoms with Crippen molar-refractivity contribution in [2.45, 2.75) is 25.9 Å². The number of hydrogen-bond acceptors (Lipinski definition) is 4. The Morgan fingerprint density at radius 2 is 2.20 bits per heavy atom. The van der Waals surface area contributed by atoms with E-state index in [1.165, 1.54) is 0 Å². The zero-order valence-electron chi connectivity index (χ0n) is 11.4. The second kappa shape index (κ2) is 5.54. The summed E-state index contributed by atoms with van der Waals surface area (Å²) in [7, 11) is 0. The molecule has 1 aliphatic heterocycles. The number of carbonyl (C=O) groups excluding carboxylic acids is 1. The fourth-order valence-corrected chi connectivity index (χ4v) is 2.70. The predicted octanol–water partition coefficient (Wildman–Crippen LogP) is 2.27. The number of hydrogen-bond donors (Lipinski definition) is 0. The number of ketones is 1. The van der Waals surface area contributed by atoms with Gasteiger partial charge in [0, 0.05) is 6.61 Å². The van der Waals surface area contributed by atoms with E-state index < -0.39 is 0 Å². The highest BCUT2D eigenvalue weighted by Crippen LogP contribution is 2.27. The molecule has 0 N–H and O–H groups in total. The number of para-hydroxylation sites is 1. The van der Waals surface area contributed by atoms with E-state index in [-0.39, 0.29) is 17.8 Å². The van der Waals surface area contributed by atoms with E-state index in [2.05, 4.69) is 10.3 Å². The van der Waals surface area contributed by atoms with Crippen LogP contribution >= 0.6 is 0 Å². The molecule has 1 saturated heterocycles. The van der Waals surface area contributed by atoms with Gasteiger partial charge in [-0.15, -0.1) is 5.10 Å². The third-order valence-electron chi connectivity index (χ3n) is 3.75. The Bertz CT molecular complexity index is 594. The van der Waals surface area contributed by atoms with Gasteiger partial charge < -0.3 is 4.74 Å². The Kier molecular flexibility index (Phi) is 3.60. The molecule has 0 bridgehead atoms. The summed E-state index contributed by atoms with van der Waals surface area (Å²) >= 11 is 0. The molecule has 5 heteroatoms. The van der Waals surface area contributed by atoms with Crippen LogP contribution in [0.1, 0.15) is 30.3 Å². The minimum absolute atomic E-state index is 0.0154. The monoisotopic (exact) mass is 271 g/mol. The smallest absolute Gasteiger partial charge is 0.188 e. The Morgan fingerprint density at radius 3 is 2.95 bits per heavy atom. The van der Waals surface area contributed by atoms with E-state index in [0.29, 0.717) is 12.3 Å². The fraction of sp³-hybridized carbons (Fsp3) is 0.400. The topological polar surface area (TPSA) is 57.0 Å². The van der Waals surface area contributed by atoms with E-state index in [4.69, 9.17) is 4.74 Å². The van der Waals surface area contributed by atoms with Crippen molar-refractivity contribution in [1.29, 1.82) is 0 Å². The molecule has 0 spiro atoms. The first-order valence-corrected chi connectivity index (χ1v) is 6.93. The highest BCUT2D eigenvalue weighted by molar-refractivity contribution is 5.97. The molecule has 1 aliphatic rings. The van der Waals surface area contributed by atoms with E-state index in [9.17, 15) is 4.79 Å². The highest BCUT2D eigenvalue weighted by atomic mass is 16.5. The van der Waals surface area contributed by atoms with Crippen LogP contribution in [0.3, 0.4) is 0 Å². The van der Waals surface area contributed by atoms with Crippen LogP contribution in [0, 0.1) is 5.92 Å². The number of ether oxygens (including phenoxy) is 1. The summed E-state index contributed by atoms with van der Waals surface area (Å²) in [6, 6.07) is 9.58. The van der Waals surface area contributed by atoms with Gasteiger partial charge in [0.25, 0.3) is 0 Å². The van der Waals surface area contributed by atoms with Crippen molar-refractivity contribution < 1.29 is 9.53 Å². The lowest BCUT2D eigenvalue weighted by molar-refractivity contribution is 0.0683. The standard InChI is InChI=1S/C15H17N3O2/c1-2-14-12(8-9-20-14)15(19)13-10-16-17-18(13)11-6-4-3-5-7-11/h3-7,10,12,14H,2,8-9H2,1H3. The molecule has 1 aromatic heterocycles. The van der Waals surface area contributed by atoms with Crippen molar-refractivity contribution in [1.82, 2.24) is 15.0 Å². The first kappa shape index (κ1) is 13.0. The number of nitrogens with zero attached hydrogens (tertiary/aromatic N) is 3. The maximum absolute atomic E-state index is 12.7. The van der Waals surface area contributed by atoms with Gasteiger partial charge in [0.15, 0.2) is 5.78 Å². The first-order valence-electron chi connectivity index (χ1n) is 6.93. The molecule has 5 nitrogen and oxygen atoms in total. The number of aromatic nitrogens is 3. The number of carbonyl (C=O) groups is 1. The molecule has 104 valence electrons. The van der Waals surface area contributed by atoms with Crippen LogP contribution in [0.15, 0.2) is 36.5 Å². The average molecular weight is 271 g/mol. The van der Waals surface area contributed by atoms with Crippen LogP contribution in [-0.2, 0) is 4.74 Å². The maximum atomic E-state index is 12.7. The summed E-state index contributed by atoms with van der Waals surface area (Å²) in [5.41, 5.74) is 1.38. The van der Waals surface area contributed by atoms with Crippen LogP contribution in [0.2, 0.25) is 0 Å². The molecule has 0 aliphatic carbocycles. The molecule has 2 heterocycles. The quantitative estimate of drug-likeness (QED) is 0.800. The molecule has 1 fully saturated rings. The molecule has 2 atom stereocenters. The Balaban J connectivity index is 1.92. The predicted molar refractivity (Wildman–Crippen MR) is 73.8 cm³/mol. The number of Topliss-reactive ketones (excluding diaryl/α,β-unsaturated/α-hetero) is 1. The molecule has 20 heavy (non-hydrogen) atoms. The van der Waals surface area contributed by atoms with Gasteiger partial charge in [0.05, 0.1) is 23.9 Å². The van der Waals surface area contributed by atoms with Crippen molar-refractivity contribution >= 4 is 5.78 Å². The molecule has 3 rings (SSSR count). The third-order valence-corrected chi connectivity index (χ3v) is 3.75. The van der Waals surface area contributed by atoms with Crippen LogP contribution in [0.4, 0.5) is 0 Å². The zero-order valence-corrected chi connectivity index (χ0v) is 11.4. The van der Waals surface area contributed by atoms with Crippen LogP contribution in [0.25, 0.3) is 5.69 Å². The Hall–Kier alpha value is -2.01. The van der Waals surface area contributed by atoms with Crippen molar-refractivity contribution in [3.8, 4) is 5.69 Å². The summed E-state index contributed by atoms with van der Waals surface area (Å²) in [4.78, 5) is 12.7. The minimum Gasteiger partial charge on any atom is -0.377 e. The van der Waals surface area contributed by atoms with Gasteiger partial charge in [-0.2, -0.15) is 0 Å². The van der Waals surface area contributed by atoms with E-state index in [1.807, 2.05) is 37.3 Å². The molecular formula is C15H17N3O2. The highest BCUT2D eigenvalue weighted by Gasteiger charge is 2.35. The minimum atomic E-state index is -0.0824. The lowest BCUT2D eigenvalue weighted by Gasteiger charge is -2.15. The van der Waals surface area contributed by atoms with Gasteiger partial charge in [0.1, 0.15) is 5.69 Å². The normalized spacial score (nSPS) is 22.1. The van der Waals surface area contributed by atoms with Gasteiger partial charge in [-0.05, 0) is 25.0 Å². The molecule has 1 aromatic carbocycles. The third kappa shape index (κ3) is 2.25. The number of rotatable bonds is 4. The van der Waals surface area contributed by atoms with Crippen LogP contribution in [0.5, 0.6) is 0 Å². The van der Waals surface area contributed by atoms with E-state index in [1.54, 1.807) is 10.9 Å². The second-order valence-corrected chi connectivity index (χ2v) is 4.94. The van der Waals surface area contributed by atoms with Crippen molar-refractivity contribution in [2.75, 3.05) is 6.61 Å². The van der Waals surface area contributed by atoms with Crippen LogP contribution < -0.4 is 0 Å². The Labute approximate surface area is 117 Å². The largest absolute Gasteiger partial charge is 0.377 e. The Morgan fingerprint density at radius 1 is 1.40 bits per heavy atom. The van der Waals surface area contributed by atoms with Gasteiger partial charge in [0.2, 0.25) is 0 Å². The van der Waals surface area contributed by atoms with E-state index >= 15 is 0 Å². The molecular weight excluding hydrogens is 254 g/mol. The second-order valence-electron chi connectivity index (χ2n) is 4.94. The van der Waals surface area contributed by atoms with Gasteiger partial charge in [-0.1, -0.05) is 30.3 Å². The summed E-state index contributed by atoms with van der Waals surface area (Å²) in [6.07, 6.45) is 3.18. The van der Waals surface area contributed by atoms with Crippen molar-refractivity contribution in [2.24, 2.45) is 5.92 Å². The molecule has 2 unspecified atom stereocenters. The van der Waals surface area contributed by atoms with Crippen molar-refractivity contribution in [3.05, 3.63) is 42.2 Å². The molecule has 0 amide bonds. The zero-order chi connectivity index (χ0) is 13.9. The first-order chi connectivity index (χ1) is 9.81. The molecule has 2 aromatic rings.